The molecule has 2 nitrogen and oxygen atoms in total. The van der Waals surface area contributed by atoms with E-state index in [1.807, 2.05) is 18.2 Å². The van der Waals surface area contributed by atoms with Gasteiger partial charge in [0.15, 0.2) is 0 Å². The molecule has 0 radical (unpaired) electrons. The Kier molecular flexibility index (Phi) is 2.45. The van der Waals surface area contributed by atoms with E-state index in [9.17, 15) is 0 Å². The fraction of sp³-hybridized carbons (Fsp3) is 0.533. The van der Waals surface area contributed by atoms with Gasteiger partial charge in [-0.3, -0.25) is 0 Å². The number of rotatable bonds is 0. The molecule has 2 heteroatoms. The van der Waals surface area contributed by atoms with Crippen molar-refractivity contribution >= 4 is 0 Å². The fourth-order valence-electron chi connectivity index (χ4n) is 3.35. The summed E-state index contributed by atoms with van der Waals surface area (Å²) < 4.78 is 0. The van der Waals surface area contributed by atoms with Crippen molar-refractivity contribution in [1.29, 1.82) is 0 Å². The molecule has 17 heavy (non-hydrogen) atoms. The Balaban J connectivity index is 1.84. The van der Waals surface area contributed by atoms with Gasteiger partial charge in [-0.05, 0) is 50.2 Å². The van der Waals surface area contributed by atoms with Crippen molar-refractivity contribution in [2.45, 2.75) is 44.1 Å². The molecule has 0 spiro atoms. The van der Waals surface area contributed by atoms with E-state index in [-0.39, 0.29) is 11.0 Å². The third kappa shape index (κ3) is 2.08. The van der Waals surface area contributed by atoms with Gasteiger partial charge < -0.3 is 5.73 Å². The lowest BCUT2D eigenvalue weighted by atomic mass is 9.74. The number of hydrogen-bond donors (Lipinski definition) is 1. The van der Waals surface area contributed by atoms with Crippen LogP contribution < -0.4 is 5.73 Å². The van der Waals surface area contributed by atoms with E-state index < -0.39 is 0 Å². The van der Waals surface area contributed by atoms with E-state index in [1.165, 1.54) is 25.7 Å². The van der Waals surface area contributed by atoms with Crippen LogP contribution in [0.15, 0.2) is 24.4 Å². The van der Waals surface area contributed by atoms with E-state index in [0.717, 1.165) is 18.5 Å². The summed E-state index contributed by atoms with van der Waals surface area (Å²) in [4.78, 5) is 4.25. The summed E-state index contributed by atoms with van der Waals surface area (Å²) in [5.74, 6) is 6.71. The van der Waals surface area contributed by atoms with Gasteiger partial charge in [-0.25, -0.2) is 4.98 Å². The Hall–Kier alpha value is -1.33. The van der Waals surface area contributed by atoms with Crippen LogP contribution in [-0.2, 0) is 0 Å². The zero-order valence-corrected chi connectivity index (χ0v) is 10.1. The summed E-state index contributed by atoms with van der Waals surface area (Å²) in [6.07, 6.45) is 8.82. The molecule has 0 unspecified atom stereocenters. The van der Waals surface area contributed by atoms with Crippen LogP contribution in [0.1, 0.15) is 44.2 Å². The first kappa shape index (κ1) is 10.8. The average molecular weight is 226 g/mol. The Bertz CT molecular complexity index is 471. The van der Waals surface area contributed by atoms with Crippen LogP contribution in [0.2, 0.25) is 0 Å². The number of hydrogen-bond acceptors (Lipinski definition) is 2. The molecule has 1 heterocycles. The van der Waals surface area contributed by atoms with Crippen molar-refractivity contribution in [2.75, 3.05) is 0 Å². The first-order valence-corrected chi connectivity index (χ1v) is 6.43. The maximum atomic E-state index is 6.37. The van der Waals surface area contributed by atoms with Crippen molar-refractivity contribution in [1.82, 2.24) is 4.98 Å². The van der Waals surface area contributed by atoms with Crippen molar-refractivity contribution in [3.8, 4) is 11.8 Å². The maximum absolute atomic E-state index is 6.37. The monoisotopic (exact) mass is 226 g/mol. The summed E-state index contributed by atoms with van der Waals surface area (Å²) in [5.41, 5.74) is 7.51. The van der Waals surface area contributed by atoms with Crippen LogP contribution >= 0.6 is 0 Å². The van der Waals surface area contributed by atoms with Gasteiger partial charge in [0.05, 0.1) is 0 Å². The Morgan fingerprint density at radius 3 is 2.94 bits per heavy atom. The van der Waals surface area contributed by atoms with E-state index in [2.05, 4.69) is 16.8 Å². The molecule has 2 fully saturated rings. The van der Waals surface area contributed by atoms with Crippen LogP contribution in [0.4, 0.5) is 0 Å². The number of aromatic nitrogens is 1. The third-order valence-electron chi connectivity index (χ3n) is 4.24. The number of nitrogens with zero attached hydrogens (tertiary/aromatic N) is 1. The molecule has 1 aromatic heterocycles. The van der Waals surface area contributed by atoms with Gasteiger partial charge in [0, 0.05) is 17.2 Å². The van der Waals surface area contributed by atoms with Crippen LogP contribution in [0, 0.1) is 17.3 Å². The summed E-state index contributed by atoms with van der Waals surface area (Å²) >= 11 is 0. The standard InChI is InChI=1S/C15H18N2/c16-15-7-3-6-14(12-15,9-10-15)8-5-13-4-1-2-11-17-13/h1-2,4,11H,3,6-7,9-10,12,16H2/t14-,15+/m1/s1. The molecule has 2 aliphatic carbocycles. The Labute approximate surface area is 103 Å². The second-order valence-electron chi connectivity index (χ2n) is 5.64. The molecule has 0 saturated heterocycles. The van der Waals surface area contributed by atoms with Gasteiger partial charge in [0.25, 0.3) is 0 Å². The first-order valence-electron chi connectivity index (χ1n) is 6.43. The zero-order chi connectivity index (χ0) is 11.8. The van der Waals surface area contributed by atoms with Crippen molar-refractivity contribution in [2.24, 2.45) is 11.1 Å². The Morgan fingerprint density at radius 1 is 1.18 bits per heavy atom. The van der Waals surface area contributed by atoms with Crippen LogP contribution in [0.25, 0.3) is 0 Å². The molecule has 0 amide bonds. The highest BCUT2D eigenvalue weighted by Crippen LogP contribution is 2.52. The van der Waals surface area contributed by atoms with Crippen molar-refractivity contribution < 1.29 is 0 Å². The number of pyridine rings is 1. The maximum Gasteiger partial charge on any atom is 0.113 e. The minimum absolute atomic E-state index is 0.0804. The zero-order valence-electron chi connectivity index (χ0n) is 10.1. The first-order chi connectivity index (χ1) is 8.20. The molecular formula is C15H18N2. The highest BCUT2D eigenvalue weighted by atomic mass is 14.8. The molecule has 2 bridgehead atoms. The number of nitrogens with two attached hydrogens (primary N) is 1. The summed E-state index contributed by atoms with van der Waals surface area (Å²) in [6.45, 7) is 0. The van der Waals surface area contributed by atoms with Gasteiger partial charge in [-0.2, -0.15) is 0 Å². The predicted octanol–water partition coefficient (Wildman–Crippen LogP) is 2.48. The second kappa shape index (κ2) is 3.85. The summed E-state index contributed by atoms with van der Waals surface area (Å²) in [5, 5.41) is 0. The molecule has 2 N–H and O–H groups in total. The predicted molar refractivity (Wildman–Crippen MR) is 68.2 cm³/mol. The van der Waals surface area contributed by atoms with E-state index in [1.54, 1.807) is 6.20 Å². The fourth-order valence-corrected chi connectivity index (χ4v) is 3.35. The van der Waals surface area contributed by atoms with Gasteiger partial charge in [0.2, 0.25) is 0 Å². The minimum atomic E-state index is 0.0804. The topological polar surface area (TPSA) is 38.9 Å². The SMILES string of the molecule is N[C@@]12CCC[C@@](C#Cc3ccccn3)(CC1)C2. The second-order valence-corrected chi connectivity index (χ2v) is 5.64. The molecule has 1 aromatic rings. The van der Waals surface area contributed by atoms with Gasteiger partial charge >= 0.3 is 0 Å². The minimum Gasteiger partial charge on any atom is -0.325 e. The van der Waals surface area contributed by atoms with Gasteiger partial charge in [-0.1, -0.05) is 18.4 Å². The van der Waals surface area contributed by atoms with Crippen LogP contribution in [0.5, 0.6) is 0 Å². The van der Waals surface area contributed by atoms with Gasteiger partial charge in [0.1, 0.15) is 5.69 Å². The van der Waals surface area contributed by atoms with Crippen LogP contribution in [0.3, 0.4) is 0 Å². The lowest BCUT2D eigenvalue weighted by Gasteiger charge is -2.33. The molecule has 2 atom stereocenters. The van der Waals surface area contributed by atoms with Crippen molar-refractivity contribution in [3.63, 3.8) is 0 Å². The average Bonchev–Trinajstić information content (AvgIpc) is 2.59. The normalized spacial score (nSPS) is 35.1. The molecule has 88 valence electrons. The smallest absolute Gasteiger partial charge is 0.113 e. The molecule has 3 rings (SSSR count). The largest absolute Gasteiger partial charge is 0.325 e. The van der Waals surface area contributed by atoms with E-state index >= 15 is 0 Å². The Morgan fingerprint density at radius 2 is 2.12 bits per heavy atom. The molecular weight excluding hydrogens is 208 g/mol. The molecule has 0 aliphatic heterocycles. The highest BCUT2D eigenvalue weighted by Gasteiger charge is 2.48. The highest BCUT2D eigenvalue weighted by molar-refractivity contribution is 5.31. The third-order valence-corrected chi connectivity index (χ3v) is 4.24. The lowest BCUT2D eigenvalue weighted by Crippen LogP contribution is -2.40. The van der Waals surface area contributed by atoms with E-state index in [4.69, 9.17) is 5.73 Å². The molecule has 0 aromatic carbocycles. The molecule has 2 aliphatic rings. The quantitative estimate of drug-likeness (QED) is 0.690. The van der Waals surface area contributed by atoms with E-state index in [0.29, 0.717) is 0 Å². The van der Waals surface area contributed by atoms with Crippen molar-refractivity contribution in [3.05, 3.63) is 30.1 Å². The van der Waals surface area contributed by atoms with Crippen LogP contribution in [-0.4, -0.2) is 10.5 Å². The summed E-state index contributed by atoms with van der Waals surface area (Å²) in [7, 11) is 0. The van der Waals surface area contributed by atoms with Gasteiger partial charge in [-0.15, -0.1) is 0 Å². The lowest BCUT2D eigenvalue weighted by molar-refractivity contribution is 0.257. The molecule has 2 saturated carbocycles. The summed E-state index contributed by atoms with van der Waals surface area (Å²) in [6, 6.07) is 5.87. The number of fused-ring (bicyclic) bond motifs is 2.